The topological polar surface area (TPSA) is 149 Å². The van der Waals surface area contributed by atoms with Crippen LogP contribution in [0.15, 0.2) is 18.2 Å². The Morgan fingerprint density at radius 3 is 1.27 bits per heavy atom. The smallest absolute Gasteiger partial charge is 0.335 e. The maximum Gasteiger partial charge on any atom is 0.335 e. The minimum Gasteiger partial charge on any atom is -0.478 e. The molecule has 1 fully saturated rings. The van der Waals surface area contributed by atoms with Crippen LogP contribution < -0.4 is 0 Å². The lowest BCUT2D eigenvalue weighted by Gasteiger charge is -2.35. The van der Waals surface area contributed by atoms with E-state index in [2.05, 4.69) is 4.90 Å². The van der Waals surface area contributed by atoms with Gasteiger partial charge in [-0.05, 0) is 92.0 Å². The summed E-state index contributed by atoms with van der Waals surface area (Å²) < 4.78 is 16.9. The summed E-state index contributed by atoms with van der Waals surface area (Å²) in [5, 5.41) is 9.39. The number of carboxylic acid groups (broad SMARTS) is 1. The second-order valence-electron chi connectivity index (χ2n) is 16.7. The molecule has 3 rings (SSSR count). The standard InChI is InChI=1S/C38H61N5O9/c1-36(2,3)50-32(45)25-40-16-14-39(24-31(44)43-13-12-28-22-29(35(48)49)10-11-30(28)23-43)15-17-41(26-33(46)51-37(4,5)6)19-21-42(20-18-40)27-34(47)52-38(7,8)9/h10-11,22H,12-21,23-27H2,1-9H3,(H,48,49). The molecule has 292 valence electrons. The van der Waals surface area contributed by atoms with Gasteiger partial charge in [-0.3, -0.25) is 38.8 Å². The fourth-order valence-electron chi connectivity index (χ4n) is 6.07. The lowest BCUT2D eigenvalue weighted by atomic mass is 9.97. The number of hydrogen-bond donors (Lipinski definition) is 1. The largest absolute Gasteiger partial charge is 0.478 e. The fourth-order valence-corrected chi connectivity index (χ4v) is 6.07. The van der Waals surface area contributed by atoms with Crippen molar-refractivity contribution in [2.75, 3.05) is 85.1 Å². The monoisotopic (exact) mass is 731 g/mol. The highest BCUT2D eigenvalue weighted by molar-refractivity contribution is 5.88. The Hall–Kier alpha value is -3.59. The quantitative estimate of drug-likeness (QED) is 0.293. The van der Waals surface area contributed by atoms with Gasteiger partial charge in [-0.2, -0.15) is 0 Å². The third-order valence-corrected chi connectivity index (χ3v) is 8.43. The Balaban J connectivity index is 1.82. The Morgan fingerprint density at radius 1 is 0.558 bits per heavy atom. The SMILES string of the molecule is CC(C)(C)OC(=O)CN1CCN(CC(=O)OC(C)(C)C)CCN(CC(=O)N2CCc3cc(C(=O)O)ccc3C2)CCN(CC(=O)OC(C)(C)C)CC1. The molecular formula is C38H61N5O9. The summed E-state index contributed by atoms with van der Waals surface area (Å²) in [5.74, 6) is -2.11. The molecule has 0 spiro atoms. The van der Waals surface area contributed by atoms with Crippen molar-refractivity contribution in [2.24, 2.45) is 0 Å². The Morgan fingerprint density at radius 2 is 0.923 bits per heavy atom. The van der Waals surface area contributed by atoms with Crippen LogP contribution in [-0.4, -0.2) is 161 Å². The number of hydrogen-bond acceptors (Lipinski definition) is 12. The molecule has 0 atom stereocenters. The third kappa shape index (κ3) is 16.0. The first-order valence-corrected chi connectivity index (χ1v) is 18.2. The molecule has 1 saturated heterocycles. The number of aromatic carboxylic acids is 1. The molecule has 1 N–H and O–H groups in total. The highest BCUT2D eigenvalue weighted by Gasteiger charge is 2.28. The maximum atomic E-state index is 13.8. The highest BCUT2D eigenvalue weighted by Crippen LogP contribution is 2.21. The molecule has 1 aromatic carbocycles. The van der Waals surface area contributed by atoms with Crippen molar-refractivity contribution >= 4 is 29.8 Å². The first-order chi connectivity index (χ1) is 24.0. The number of nitrogens with zero attached hydrogens (tertiary/aromatic N) is 5. The minimum absolute atomic E-state index is 0.0470. The van der Waals surface area contributed by atoms with Crippen LogP contribution in [0.5, 0.6) is 0 Å². The van der Waals surface area contributed by atoms with E-state index in [1.165, 1.54) is 0 Å². The molecule has 0 aromatic heterocycles. The Labute approximate surface area is 309 Å². The van der Waals surface area contributed by atoms with Crippen LogP contribution in [0.2, 0.25) is 0 Å². The van der Waals surface area contributed by atoms with Gasteiger partial charge in [0.1, 0.15) is 16.8 Å². The zero-order chi connectivity index (χ0) is 38.9. The number of esters is 3. The van der Waals surface area contributed by atoms with E-state index in [1.807, 2.05) is 77.0 Å². The van der Waals surface area contributed by atoms with Crippen molar-refractivity contribution in [3.05, 3.63) is 34.9 Å². The number of fused-ring (bicyclic) bond motifs is 1. The second kappa shape index (κ2) is 18.4. The third-order valence-electron chi connectivity index (χ3n) is 8.43. The fraction of sp³-hybridized carbons (Fsp3) is 0.711. The van der Waals surface area contributed by atoms with Crippen molar-refractivity contribution < 1.29 is 43.3 Å². The number of benzene rings is 1. The molecule has 14 nitrogen and oxygen atoms in total. The molecule has 2 aliphatic heterocycles. The van der Waals surface area contributed by atoms with E-state index in [0.717, 1.165) is 11.1 Å². The van der Waals surface area contributed by atoms with Crippen molar-refractivity contribution in [3.63, 3.8) is 0 Å². The van der Waals surface area contributed by atoms with Crippen LogP contribution in [0.4, 0.5) is 0 Å². The van der Waals surface area contributed by atoms with E-state index < -0.39 is 22.8 Å². The van der Waals surface area contributed by atoms with Crippen molar-refractivity contribution in [2.45, 2.75) is 92.1 Å². The van der Waals surface area contributed by atoms with Gasteiger partial charge in [-0.25, -0.2) is 4.79 Å². The van der Waals surface area contributed by atoms with Gasteiger partial charge in [0, 0.05) is 65.4 Å². The van der Waals surface area contributed by atoms with Crippen molar-refractivity contribution in [1.82, 2.24) is 24.5 Å². The van der Waals surface area contributed by atoms with E-state index in [1.54, 1.807) is 23.1 Å². The second-order valence-corrected chi connectivity index (χ2v) is 16.7. The molecule has 0 bridgehead atoms. The van der Waals surface area contributed by atoms with E-state index in [9.17, 15) is 29.1 Å². The zero-order valence-corrected chi connectivity index (χ0v) is 32.8. The summed E-state index contributed by atoms with van der Waals surface area (Å²) in [6.07, 6.45) is 0.565. The van der Waals surface area contributed by atoms with Crippen LogP contribution in [0, 0.1) is 0 Å². The summed E-state index contributed by atoms with van der Waals surface area (Å²) in [4.78, 5) is 73.9. The van der Waals surface area contributed by atoms with Crippen LogP contribution in [0.25, 0.3) is 0 Å². The molecule has 52 heavy (non-hydrogen) atoms. The first-order valence-electron chi connectivity index (χ1n) is 18.2. The van der Waals surface area contributed by atoms with E-state index in [-0.39, 0.29) is 55.6 Å². The lowest BCUT2D eigenvalue weighted by molar-refractivity contribution is -0.158. The average molecular weight is 732 g/mol. The van der Waals surface area contributed by atoms with Gasteiger partial charge < -0.3 is 24.2 Å². The molecule has 0 saturated carbocycles. The van der Waals surface area contributed by atoms with Gasteiger partial charge in [-0.15, -0.1) is 0 Å². The van der Waals surface area contributed by atoms with Crippen LogP contribution in [0.3, 0.4) is 0 Å². The zero-order valence-electron chi connectivity index (χ0n) is 32.8. The highest BCUT2D eigenvalue weighted by atomic mass is 16.6. The van der Waals surface area contributed by atoms with Gasteiger partial charge in [0.25, 0.3) is 0 Å². The first kappa shape index (κ1) is 42.8. The molecular weight excluding hydrogens is 670 g/mol. The summed E-state index contributed by atoms with van der Waals surface area (Å²) in [6.45, 7) is 21.2. The number of amides is 1. The number of carbonyl (C=O) groups excluding carboxylic acids is 4. The Bertz CT molecular complexity index is 1370. The van der Waals surface area contributed by atoms with Gasteiger partial charge in [0.15, 0.2) is 0 Å². The molecule has 1 aromatic rings. The van der Waals surface area contributed by atoms with Crippen molar-refractivity contribution in [3.8, 4) is 0 Å². The van der Waals surface area contributed by atoms with Gasteiger partial charge in [0.05, 0.1) is 31.7 Å². The van der Waals surface area contributed by atoms with Crippen LogP contribution in [-0.2, 0) is 46.4 Å². The average Bonchev–Trinajstić information content (AvgIpc) is 2.98. The normalized spacial score (nSPS) is 18.1. The van der Waals surface area contributed by atoms with Gasteiger partial charge in [-0.1, -0.05) is 6.07 Å². The maximum absolute atomic E-state index is 13.8. The predicted molar refractivity (Wildman–Crippen MR) is 196 cm³/mol. The molecule has 1 amide bonds. The summed E-state index contributed by atoms with van der Waals surface area (Å²) in [7, 11) is 0. The van der Waals surface area contributed by atoms with Crippen LogP contribution in [0.1, 0.15) is 83.8 Å². The summed E-state index contributed by atoms with van der Waals surface area (Å²) >= 11 is 0. The molecule has 0 unspecified atom stereocenters. The number of ether oxygens (including phenoxy) is 3. The summed E-state index contributed by atoms with van der Waals surface area (Å²) in [6, 6.07) is 5.03. The number of rotatable bonds is 9. The molecule has 2 aliphatic rings. The molecule has 2 heterocycles. The van der Waals surface area contributed by atoms with E-state index in [4.69, 9.17) is 14.2 Å². The van der Waals surface area contributed by atoms with E-state index >= 15 is 0 Å². The van der Waals surface area contributed by atoms with Crippen molar-refractivity contribution in [1.29, 1.82) is 0 Å². The minimum atomic E-state index is -0.978. The van der Waals surface area contributed by atoms with Crippen LogP contribution >= 0.6 is 0 Å². The number of carboxylic acids is 1. The predicted octanol–water partition coefficient (Wildman–Crippen LogP) is 2.52. The Kier molecular flexibility index (Phi) is 15.2. The molecule has 14 heteroatoms. The van der Waals surface area contributed by atoms with Gasteiger partial charge >= 0.3 is 23.9 Å². The molecule has 0 radical (unpaired) electrons. The molecule has 0 aliphatic carbocycles. The van der Waals surface area contributed by atoms with Gasteiger partial charge in [0.2, 0.25) is 5.91 Å². The lowest BCUT2D eigenvalue weighted by Crippen LogP contribution is -2.51. The number of carbonyl (C=O) groups is 5. The summed E-state index contributed by atoms with van der Waals surface area (Å²) in [5.41, 5.74) is 0.165. The van der Waals surface area contributed by atoms with E-state index in [0.29, 0.717) is 71.9 Å².